The molecule has 148 valence electrons. The van der Waals surface area contributed by atoms with Crippen molar-refractivity contribution in [3.05, 3.63) is 76.7 Å². The normalized spacial score (nSPS) is 22.3. The zero-order valence-corrected chi connectivity index (χ0v) is 16.2. The lowest BCUT2D eigenvalue weighted by atomic mass is 9.83. The van der Waals surface area contributed by atoms with E-state index in [2.05, 4.69) is 17.5 Å². The molecule has 0 radical (unpaired) electrons. The number of allylic oxidation sites excluding steroid dienone is 1. The highest BCUT2D eigenvalue weighted by molar-refractivity contribution is 5.34. The summed E-state index contributed by atoms with van der Waals surface area (Å²) in [6.07, 6.45) is 3.18. The summed E-state index contributed by atoms with van der Waals surface area (Å²) in [5, 5.41) is 10.5. The fourth-order valence-electron chi connectivity index (χ4n) is 4.65. The number of rotatable bonds is 7. The first-order valence-electron chi connectivity index (χ1n) is 10.1. The Hall–Kier alpha value is -2.37. The molecule has 0 amide bonds. The van der Waals surface area contributed by atoms with Crippen LogP contribution in [-0.4, -0.2) is 46.9 Å². The maximum absolute atomic E-state index is 12.1. The molecule has 0 spiro atoms. The largest absolute Gasteiger partial charge is 0.491 e. The fraction of sp³-hybridized carbons (Fsp3) is 0.435. The van der Waals surface area contributed by atoms with Crippen molar-refractivity contribution in [2.24, 2.45) is 5.92 Å². The van der Waals surface area contributed by atoms with E-state index in [0.29, 0.717) is 18.4 Å². The number of hydrogen-bond donors (Lipinski definition) is 1. The lowest BCUT2D eigenvalue weighted by Gasteiger charge is -2.43. The predicted octanol–water partition coefficient (Wildman–Crippen LogP) is 2.44. The van der Waals surface area contributed by atoms with E-state index in [1.807, 2.05) is 41.0 Å². The van der Waals surface area contributed by atoms with Gasteiger partial charge in [-0.25, -0.2) is 0 Å². The summed E-state index contributed by atoms with van der Waals surface area (Å²) in [6, 6.07) is 13.5. The second-order valence-corrected chi connectivity index (χ2v) is 7.98. The zero-order valence-electron chi connectivity index (χ0n) is 16.2. The van der Waals surface area contributed by atoms with E-state index in [1.165, 1.54) is 0 Å². The second-order valence-electron chi connectivity index (χ2n) is 7.98. The molecule has 2 aliphatic heterocycles. The van der Waals surface area contributed by atoms with Crippen molar-refractivity contribution >= 4 is 0 Å². The summed E-state index contributed by atoms with van der Waals surface area (Å²) in [4.78, 5) is 14.5. The van der Waals surface area contributed by atoms with Crippen molar-refractivity contribution in [3.8, 4) is 5.75 Å². The minimum absolute atomic E-state index is 0.104. The topological polar surface area (TPSA) is 54.7 Å². The number of ether oxygens (including phenoxy) is 1. The van der Waals surface area contributed by atoms with Crippen LogP contribution >= 0.6 is 0 Å². The van der Waals surface area contributed by atoms with Gasteiger partial charge in [-0.2, -0.15) is 0 Å². The number of para-hydroxylation sites is 1. The highest BCUT2D eigenvalue weighted by Crippen LogP contribution is 2.34. The molecule has 1 aromatic heterocycles. The van der Waals surface area contributed by atoms with E-state index < -0.39 is 6.10 Å². The number of benzene rings is 1. The van der Waals surface area contributed by atoms with Gasteiger partial charge in [-0.05, 0) is 36.5 Å². The van der Waals surface area contributed by atoms with Gasteiger partial charge in [0.05, 0.1) is 0 Å². The predicted molar refractivity (Wildman–Crippen MR) is 110 cm³/mol. The van der Waals surface area contributed by atoms with Gasteiger partial charge in [0.25, 0.3) is 5.56 Å². The molecule has 4 rings (SSSR count). The number of likely N-dealkylation sites (tertiary alicyclic amines) is 1. The lowest BCUT2D eigenvalue weighted by Crippen LogP contribution is -2.49. The number of fused-ring (bicyclic) bond motifs is 4. The van der Waals surface area contributed by atoms with Gasteiger partial charge in [0.15, 0.2) is 0 Å². The van der Waals surface area contributed by atoms with Gasteiger partial charge in [-0.15, -0.1) is 6.58 Å². The van der Waals surface area contributed by atoms with Crippen LogP contribution in [0.2, 0.25) is 0 Å². The van der Waals surface area contributed by atoms with E-state index >= 15 is 0 Å². The molecule has 3 atom stereocenters. The van der Waals surface area contributed by atoms with Gasteiger partial charge in [-0.3, -0.25) is 9.69 Å². The average molecular weight is 380 g/mol. The molecule has 1 saturated heterocycles. The fourth-order valence-corrected chi connectivity index (χ4v) is 4.65. The Kier molecular flexibility index (Phi) is 5.64. The maximum atomic E-state index is 12.1. The SMILES string of the molecule is C=CCc1ccccc1OC[C@@H](O)CN1C[C@@H]2C[C@H](C1)c1cccc(=O)n1C2. The summed E-state index contributed by atoms with van der Waals surface area (Å²) >= 11 is 0. The number of aliphatic hydroxyl groups is 1. The van der Waals surface area contributed by atoms with Crippen LogP contribution < -0.4 is 10.3 Å². The number of nitrogens with zero attached hydrogens (tertiary/aromatic N) is 2. The monoisotopic (exact) mass is 380 g/mol. The molecule has 3 heterocycles. The maximum Gasteiger partial charge on any atom is 0.250 e. The number of piperidine rings is 1. The molecule has 5 nitrogen and oxygen atoms in total. The minimum atomic E-state index is -0.548. The van der Waals surface area contributed by atoms with Crippen LogP contribution in [0.25, 0.3) is 0 Å². The van der Waals surface area contributed by atoms with E-state index in [4.69, 9.17) is 4.74 Å². The molecule has 2 aromatic rings. The zero-order chi connectivity index (χ0) is 19.5. The molecule has 1 N–H and O–H groups in total. The van der Waals surface area contributed by atoms with E-state index in [0.717, 1.165) is 49.5 Å². The van der Waals surface area contributed by atoms with Crippen molar-refractivity contribution < 1.29 is 9.84 Å². The number of aliphatic hydroxyl groups excluding tert-OH is 1. The molecule has 28 heavy (non-hydrogen) atoms. The summed E-state index contributed by atoms with van der Waals surface area (Å²) in [5.41, 5.74) is 2.32. The summed E-state index contributed by atoms with van der Waals surface area (Å²) in [5.74, 6) is 1.64. The first-order valence-corrected chi connectivity index (χ1v) is 10.1. The van der Waals surface area contributed by atoms with E-state index in [1.54, 1.807) is 6.07 Å². The molecule has 1 fully saturated rings. The standard InChI is InChI=1S/C23H28N2O3/c1-2-6-18-7-3-4-9-22(18)28-16-20(26)15-24-12-17-11-19(14-24)21-8-5-10-23(27)25(21)13-17/h2-5,7-10,17,19-20,26H,1,6,11-16H2/t17-,19+,20-/m0/s1. The van der Waals surface area contributed by atoms with Gasteiger partial charge in [0.1, 0.15) is 18.5 Å². The van der Waals surface area contributed by atoms with Gasteiger partial charge in [0.2, 0.25) is 0 Å². The van der Waals surface area contributed by atoms with E-state index in [9.17, 15) is 9.90 Å². The molecule has 0 aliphatic carbocycles. The van der Waals surface area contributed by atoms with Gasteiger partial charge in [-0.1, -0.05) is 30.3 Å². The summed E-state index contributed by atoms with van der Waals surface area (Å²) in [6.45, 7) is 7.23. The van der Waals surface area contributed by atoms with Gasteiger partial charge >= 0.3 is 0 Å². The van der Waals surface area contributed by atoms with Crippen molar-refractivity contribution in [1.29, 1.82) is 0 Å². The molecule has 5 heteroatoms. The van der Waals surface area contributed by atoms with Crippen LogP contribution in [0.4, 0.5) is 0 Å². The molecule has 1 aromatic carbocycles. The lowest BCUT2D eigenvalue weighted by molar-refractivity contribution is 0.0382. The Morgan fingerprint density at radius 2 is 2.04 bits per heavy atom. The quantitative estimate of drug-likeness (QED) is 0.750. The van der Waals surface area contributed by atoms with Crippen molar-refractivity contribution in [1.82, 2.24) is 9.47 Å². The third-order valence-corrected chi connectivity index (χ3v) is 5.79. The minimum Gasteiger partial charge on any atom is -0.491 e. The highest BCUT2D eigenvalue weighted by atomic mass is 16.5. The van der Waals surface area contributed by atoms with Gasteiger partial charge < -0.3 is 14.4 Å². The van der Waals surface area contributed by atoms with Crippen LogP contribution in [0.5, 0.6) is 5.75 Å². The van der Waals surface area contributed by atoms with Crippen molar-refractivity contribution in [2.45, 2.75) is 31.4 Å². The average Bonchev–Trinajstić information content (AvgIpc) is 2.68. The molecule has 2 bridgehead atoms. The first kappa shape index (κ1) is 19.0. The third-order valence-electron chi connectivity index (χ3n) is 5.79. The Labute approximate surface area is 165 Å². The van der Waals surface area contributed by atoms with Crippen molar-refractivity contribution in [3.63, 3.8) is 0 Å². The molecule has 0 unspecified atom stereocenters. The van der Waals surface area contributed by atoms with Crippen LogP contribution in [0.3, 0.4) is 0 Å². The molecular formula is C23H28N2O3. The Morgan fingerprint density at radius 1 is 1.18 bits per heavy atom. The number of hydrogen-bond acceptors (Lipinski definition) is 4. The third kappa shape index (κ3) is 4.05. The Morgan fingerprint density at radius 3 is 2.89 bits per heavy atom. The molecule has 2 aliphatic rings. The Balaban J connectivity index is 1.36. The second kappa shape index (κ2) is 8.33. The summed E-state index contributed by atoms with van der Waals surface area (Å²) in [7, 11) is 0. The molecular weight excluding hydrogens is 352 g/mol. The van der Waals surface area contributed by atoms with E-state index in [-0.39, 0.29) is 12.2 Å². The number of pyridine rings is 1. The van der Waals surface area contributed by atoms with Crippen LogP contribution in [-0.2, 0) is 13.0 Å². The summed E-state index contributed by atoms with van der Waals surface area (Å²) < 4.78 is 7.83. The number of aromatic nitrogens is 1. The first-order chi connectivity index (χ1) is 13.6. The van der Waals surface area contributed by atoms with Crippen LogP contribution in [0, 0.1) is 5.92 Å². The number of β-amino-alcohol motifs (C(OH)–C–C–N with tert-alkyl or cyclic N) is 1. The van der Waals surface area contributed by atoms with Crippen LogP contribution in [0.15, 0.2) is 59.9 Å². The van der Waals surface area contributed by atoms with Crippen molar-refractivity contribution in [2.75, 3.05) is 26.2 Å². The molecule has 0 saturated carbocycles. The van der Waals surface area contributed by atoms with Crippen LogP contribution in [0.1, 0.15) is 23.6 Å². The smallest absolute Gasteiger partial charge is 0.250 e. The van der Waals surface area contributed by atoms with Gasteiger partial charge in [0, 0.05) is 43.9 Å². The Bertz CT molecular complexity index is 891. The highest BCUT2D eigenvalue weighted by Gasteiger charge is 2.34.